The van der Waals surface area contributed by atoms with Gasteiger partial charge >= 0.3 is 6.03 Å². The van der Waals surface area contributed by atoms with Crippen LogP contribution in [0.15, 0.2) is 72.8 Å². The van der Waals surface area contributed by atoms with Crippen LogP contribution in [0.5, 0.6) is 5.75 Å². The molecule has 8 heteroatoms. The van der Waals surface area contributed by atoms with Gasteiger partial charge in [-0.15, -0.1) is 0 Å². The molecule has 0 aromatic heterocycles. The Hall–Kier alpha value is -3.88. The van der Waals surface area contributed by atoms with E-state index in [1.54, 1.807) is 23.1 Å². The average molecular weight is 599 g/mol. The van der Waals surface area contributed by atoms with Gasteiger partial charge in [0.1, 0.15) is 6.10 Å². The van der Waals surface area contributed by atoms with Crippen LogP contribution in [0, 0.1) is 5.92 Å². The van der Waals surface area contributed by atoms with Crippen LogP contribution in [-0.2, 0) is 6.54 Å². The highest BCUT2D eigenvalue weighted by Crippen LogP contribution is 2.35. The van der Waals surface area contributed by atoms with E-state index in [0.29, 0.717) is 30.1 Å². The van der Waals surface area contributed by atoms with E-state index >= 15 is 0 Å². The molecule has 5 rings (SSSR count). The summed E-state index contributed by atoms with van der Waals surface area (Å²) in [5.74, 6) is 0.131. The number of nitrogens with zero attached hydrogens (tertiary/aromatic N) is 2. The number of fused-ring (bicyclic) bond motifs is 1. The second-order valence-electron chi connectivity index (χ2n) is 12.5. The third-order valence-electron chi connectivity index (χ3n) is 8.88. The summed E-state index contributed by atoms with van der Waals surface area (Å²) in [6.45, 7) is 5.58. The number of nitrogens with one attached hydrogen (secondary N) is 2. The number of likely N-dealkylation sites (N-methyl/N-ethyl adjacent to an activating group) is 1. The summed E-state index contributed by atoms with van der Waals surface area (Å²) in [6.07, 6.45) is 5.12. The van der Waals surface area contributed by atoms with Gasteiger partial charge in [-0.05, 0) is 55.6 Å². The Kier molecular flexibility index (Phi) is 10.6. The number of para-hydroxylation sites is 1. The lowest BCUT2D eigenvalue weighted by molar-refractivity contribution is 0.0343. The van der Waals surface area contributed by atoms with Crippen LogP contribution in [0.3, 0.4) is 0 Å². The number of rotatable bonds is 9. The van der Waals surface area contributed by atoms with Crippen LogP contribution >= 0.6 is 0 Å². The van der Waals surface area contributed by atoms with Crippen molar-refractivity contribution < 1.29 is 19.4 Å². The van der Waals surface area contributed by atoms with Crippen molar-refractivity contribution in [1.29, 1.82) is 0 Å². The summed E-state index contributed by atoms with van der Waals surface area (Å²) in [6, 6.07) is 23.8. The minimum atomic E-state index is -0.358. The summed E-state index contributed by atoms with van der Waals surface area (Å²) in [7, 11) is 2.07. The van der Waals surface area contributed by atoms with E-state index in [-0.39, 0.29) is 42.7 Å². The van der Waals surface area contributed by atoms with Gasteiger partial charge in [0.2, 0.25) is 0 Å². The van der Waals surface area contributed by atoms with E-state index in [9.17, 15) is 14.7 Å². The molecule has 8 nitrogen and oxygen atoms in total. The summed E-state index contributed by atoms with van der Waals surface area (Å²) >= 11 is 0. The Bertz CT molecular complexity index is 1390. The first-order chi connectivity index (χ1) is 21.3. The number of ether oxygens (including phenoxy) is 1. The fourth-order valence-corrected chi connectivity index (χ4v) is 6.27. The Morgan fingerprint density at radius 1 is 1.00 bits per heavy atom. The highest BCUT2D eigenvalue weighted by molar-refractivity contribution is 6.01. The Morgan fingerprint density at radius 2 is 1.70 bits per heavy atom. The average Bonchev–Trinajstić information content (AvgIpc) is 3.04. The molecular formula is C36H46N4O4. The van der Waals surface area contributed by atoms with Crippen molar-refractivity contribution in [2.24, 2.45) is 5.92 Å². The molecule has 1 fully saturated rings. The van der Waals surface area contributed by atoms with E-state index in [4.69, 9.17) is 4.74 Å². The number of anilines is 1. The second-order valence-corrected chi connectivity index (χ2v) is 12.5. The molecular weight excluding hydrogens is 552 g/mol. The van der Waals surface area contributed by atoms with Crippen molar-refractivity contribution in [2.45, 2.75) is 70.7 Å². The number of aliphatic hydroxyl groups is 1. The minimum Gasteiger partial charge on any atom is -0.486 e. The summed E-state index contributed by atoms with van der Waals surface area (Å²) < 4.78 is 6.69. The van der Waals surface area contributed by atoms with Gasteiger partial charge < -0.3 is 25.4 Å². The van der Waals surface area contributed by atoms with Gasteiger partial charge in [0, 0.05) is 31.6 Å². The molecule has 1 heterocycles. The van der Waals surface area contributed by atoms with Crippen molar-refractivity contribution in [2.75, 3.05) is 32.1 Å². The van der Waals surface area contributed by atoms with Crippen LogP contribution in [0.25, 0.3) is 11.1 Å². The van der Waals surface area contributed by atoms with Crippen LogP contribution in [-0.4, -0.2) is 71.8 Å². The van der Waals surface area contributed by atoms with Gasteiger partial charge in [-0.1, -0.05) is 86.8 Å². The van der Waals surface area contributed by atoms with Crippen molar-refractivity contribution in [3.05, 3.63) is 83.9 Å². The van der Waals surface area contributed by atoms with Gasteiger partial charge in [-0.3, -0.25) is 9.69 Å². The van der Waals surface area contributed by atoms with Crippen LogP contribution in [0.4, 0.5) is 10.5 Å². The van der Waals surface area contributed by atoms with Gasteiger partial charge in [0.05, 0.1) is 23.9 Å². The molecule has 3 atom stereocenters. The SMILES string of the molecule is C[C@H](CO)N1C[C@H](C)[C@@H](CN(C)Cc2ccc(-c3ccccc3)cc2)Oc2c(NC(=O)NC3CCCCC3)cccc2C1=O. The number of amides is 3. The van der Waals surface area contributed by atoms with E-state index in [2.05, 4.69) is 65.9 Å². The Morgan fingerprint density at radius 3 is 2.41 bits per heavy atom. The molecule has 0 unspecified atom stereocenters. The predicted molar refractivity (Wildman–Crippen MR) is 175 cm³/mol. The molecule has 1 aliphatic heterocycles. The van der Waals surface area contributed by atoms with Gasteiger partial charge in [0.25, 0.3) is 5.91 Å². The smallest absolute Gasteiger partial charge is 0.319 e. The minimum absolute atomic E-state index is 0.0341. The quantitative estimate of drug-likeness (QED) is 0.274. The predicted octanol–water partition coefficient (Wildman–Crippen LogP) is 6.16. The summed E-state index contributed by atoms with van der Waals surface area (Å²) in [5, 5.41) is 16.1. The van der Waals surface area contributed by atoms with Crippen molar-refractivity contribution in [3.63, 3.8) is 0 Å². The fraction of sp³-hybridized carbons (Fsp3) is 0.444. The van der Waals surface area contributed by atoms with E-state index in [1.807, 2.05) is 25.1 Å². The van der Waals surface area contributed by atoms with Crippen molar-refractivity contribution in [1.82, 2.24) is 15.1 Å². The zero-order valence-electron chi connectivity index (χ0n) is 26.2. The first-order valence-electron chi connectivity index (χ1n) is 15.9. The molecule has 0 bridgehead atoms. The molecule has 234 valence electrons. The number of carbonyl (C=O) groups is 2. The zero-order valence-corrected chi connectivity index (χ0v) is 26.2. The molecule has 3 N–H and O–H groups in total. The van der Waals surface area contributed by atoms with E-state index < -0.39 is 0 Å². The third kappa shape index (κ3) is 7.79. The number of benzene rings is 3. The van der Waals surface area contributed by atoms with E-state index in [1.165, 1.54) is 23.1 Å². The zero-order chi connectivity index (χ0) is 31.1. The van der Waals surface area contributed by atoms with Gasteiger partial charge in [0.15, 0.2) is 5.75 Å². The largest absolute Gasteiger partial charge is 0.486 e. The first kappa shape index (κ1) is 31.5. The first-order valence-corrected chi connectivity index (χ1v) is 15.9. The maximum absolute atomic E-state index is 13.8. The fourth-order valence-electron chi connectivity index (χ4n) is 6.27. The maximum atomic E-state index is 13.8. The number of hydrogen-bond donors (Lipinski definition) is 3. The molecule has 1 saturated carbocycles. The third-order valence-corrected chi connectivity index (χ3v) is 8.88. The molecule has 3 amide bonds. The van der Waals surface area contributed by atoms with Crippen molar-refractivity contribution in [3.8, 4) is 16.9 Å². The van der Waals surface area contributed by atoms with Gasteiger partial charge in [-0.25, -0.2) is 4.79 Å². The van der Waals surface area contributed by atoms with E-state index in [0.717, 1.165) is 32.2 Å². The maximum Gasteiger partial charge on any atom is 0.319 e. The Labute approximate surface area is 261 Å². The lowest BCUT2D eigenvalue weighted by atomic mass is 9.96. The molecule has 44 heavy (non-hydrogen) atoms. The number of hydrogen-bond acceptors (Lipinski definition) is 5. The molecule has 0 radical (unpaired) electrons. The van der Waals surface area contributed by atoms with Crippen LogP contribution in [0.2, 0.25) is 0 Å². The lowest BCUT2D eigenvalue weighted by Gasteiger charge is -2.38. The molecule has 0 saturated heterocycles. The number of aliphatic hydroxyl groups excluding tert-OH is 1. The molecule has 2 aliphatic rings. The molecule has 1 aliphatic carbocycles. The molecule has 3 aromatic rings. The monoisotopic (exact) mass is 598 g/mol. The van der Waals surface area contributed by atoms with Crippen LogP contribution in [0.1, 0.15) is 61.9 Å². The van der Waals surface area contributed by atoms with Gasteiger partial charge in [-0.2, -0.15) is 0 Å². The Balaban J connectivity index is 1.35. The summed E-state index contributed by atoms with van der Waals surface area (Å²) in [4.78, 5) is 30.8. The standard InChI is InChI=1S/C36H46N4O4/c1-25-21-40(26(2)24-41)35(42)31-15-10-16-32(38-36(43)37-30-13-8-5-9-14-30)34(31)44-33(25)23-39(3)22-27-17-19-29(20-18-27)28-11-6-4-7-12-28/h4,6-7,10-12,15-20,25-26,30,33,41H,5,8-9,13-14,21-24H2,1-3H3,(H2,37,38,43)/t25-,26+,33+/m0/s1. The second kappa shape index (κ2) is 14.7. The molecule has 0 spiro atoms. The topological polar surface area (TPSA) is 94.1 Å². The number of carbonyl (C=O) groups excluding carboxylic acids is 2. The summed E-state index contributed by atoms with van der Waals surface area (Å²) in [5.41, 5.74) is 4.42. The highest BCUT2D eigenvalue weighted by Gasteiger charge is 2.34. The van der Waals surface area contributed by atoms with Crippen molar-refractivity contribution >= 4 is 17.6 Å². The lowest BCUT2D eigenvalue weighted by Crippen LogP contribution is -2.50. The number of urea groups is 1. The highest BCUT2D eigenvalue weighted by atomic mass is 16.5. The normalized spacial score (nSPS) is 19.8. The van der Waals surface area contributed by atoms with Crippen LogP contribution < -0.4 is 15.4 Å². The molecule has 3 aromatic carbocycles.